The highest BCUT2D eigenvalue weighted by Gasteiger charge is 2.13. The molecule has 4 aromatic rings. The Morgan fingerprint density at radius 2 is 2.18 bits per heavy atom. The maximum Gasteiger partial charge on any atom is 0.114 e. The monoisotopic (exact) mass is 309 g/mol. The van der Waals surface area contributed by atoms with Crippen molar-refractivity contribution in [1.29, 1.82) is 0 Å². The lowest BCUT2D eigenvalue weighted by Crippen LogP contribution is -2.02. The number of aryl methyl sites for hydroxylation is 3. The van der Waals surface area contributed by atoms with Gasteiger partial charge in [0.15, 0.2) is 0 Å². The molecule has 0 bridgehead atoms. The van der Waals surface area contributed by atoms with Gasteiger partial charge in [-0.05, 0) is 13.0 Å². The number of fused-ring (bicyclic) bond motifs is 1. The lowest BCUT2D eigenvalue weighted by atomic mass is 10.1. The zero-order valence-electron chi connectivity index (χ0n) is 12.2. The van der Waals surface area contributed by atoms with Crippen molar-refractivity contribution < 1.29 is 0 Å². The molecule has 5 nitrogen and oxygen atoms in total. The summed E-state index contributed by atoms with van der Waals surface area (Å²) in [5, 5.41) is 9.88. The first-order valence-corrected chi connectivity index (χ1v) is 7.99. The minimum absolute atomic E-state index is 0.788. The number of aromatic nitrogens is 5. The zero-order chi connectivity index (χ0) is 14.9. The van der Waals surface area contributed by atoms with E-state index in [1.54, 1.807) is 17.7 Å². The second-order valence-electron chi connectivity index (χ2n) is 5.22. The summed E-state index contributed by atoms with van der Waals surface area (Å²) in [6.07, 6.45) is 6.43. The molecule has 1 N–H and O–H groups in total. The highest BCUT2D eigenvalue weighted by atomic mass is 32.1. The molecule has 0 spiro atoms. The van der Waals surface area contributed by atoms with Crippen LogP contribution in [-0.2, 0) is 13.0 Å². The van der Waals surface area contributed by atoms with Gasteiger partial charge in [0, 0.05) is 45.4 Å². The highest BCUT2D eigenvalue weighted by molar-refractivity contribution is 7.19. The molecule has 0 fully saturated rings. The van der Waals surface area contributed by atoms with E-state index in [-0.39, 0.29) is 0 Å². The summed E-state index contributed by atoms with van der Waals surface area (Å²) in [7, 11) is 0. The Kier molecular flexibility index (Phi) is 3.23. The third-order valence-corrected chi connectivity index (χ3v) is 4.82. The second kappa shape index (κ2) is 5.38. The Balaban J connectivity index is 1.64. The van der Waals surface area contributed by atoms with E-state index in [1.165, 1.54) is 20.5 Å². The van der Waals surface area contributed by atoms with Gasteiger partial charge in [-0.2, -0.15) is 0 Å². The number of aromatic amines is 1. The molecule has 3 heterocycles. The van der Waals surface area contributed by atoms with E-state index in [0.29, 0.717) is 0 Å². The molecule has 0 atom stereocenters. The van der Waals surface area contributed by atoms with Crippen LogP contribution < -0.4 is 0 Å². The van der Waals surface area contributed by atoms with E-state index in [4.69, 9.17) is 0 Å². The number of nitrogens with zero attached hydrogens (tertiary/aromatic N) is 4. The zero-order valence-corrected chi connectivity index (χ0v) is 13.0. The van der Waals surface area contributed by atoms with Crippen molar-refractivity contribution in [3.05, 3.63) is 53.6 Å². The molecular weight excluding hydrogens is 294 g/mol. The first kappa shape index (κ1) is 13.2. The van der Waals surface area contributed by atoms with Gasteiger partial charge in [0.25, 0.3) is 0 Å². The topological polar surface area (TPSA) is 59.4 Å². The lowest BCUT2D eigenvalue weighted by Gasteiger charge is -1.98. The maximum absolute atomic E-state index is 4.36. The number of benzene rings is 1. The SMILES string of the molecule is Cc1sc2ccccc2c1-c1cn(CCc2cnc[nH]2)nn1. The summed E-state index contributed by atoms with van der Waals surface area (Å²) in [5.41, 5.74) is 3.25. The molecule has 0 aliphatic rings. The van der Waals surface area contributed by atoms with Crippen LogP contribution in [0.4, 0.5) is 0 Å². The standard InChI is InChI=1S/C16H15N5S/c1-11-16(13-4-2-3-5-15(13)22-11)14-9-21(20-19-14)7-6-12-8-17-10-18-12/h2-5,8-10H,6-7H2,1H3,(H,17,18). The number of hydrogen-bond donors (Lipinski definition) is 1. The summed E-state index contributed by atoms with van der Waals surface area (Å²) in [6, 6.07) is 8.45. The molecule has 22 heavy (non-hydrogen) atoms. The predicted octanol–water partition coefficient (Wildman–Crippen LogP) is 3.43. The van der Waals surface area contributed by atoms with Gasteiger partial charge < -0.3 is 4.98 Å². The van der Waals surface area contributed by atoms with Crippen LogP contribution in [0.1, 0.15) is 10.6 Å². The van der Waals surface area contributed by atoms with Crippen molar-refractivity contribution in [3.63, 3.8) is 0 Å². The van der Waals surface area contributed by atoms with Gasteiger partial charge in [-0.25, -0.2) is 4.98 Å². The summed E-state index contributed by atoms with van der Waals surface area (Å²) in [6.45, 7) is 2.93. The number of thiophene rings is 1. The van der Waals surface area contributed by atoms with Crippen LogP contribution >= 0.6 is 11.3 Å². The smallest absolute Gasteiger partial charge is 0.114 e. The van der Waals surface area contributed by atoms with Gasteiger partial charge in [0.2, 0.25) is 0 Å². The predicted molar refractivity (Wildman–Crippen MR) is 87.9 cm³/mol. The minimum Gasteiger partial charge on any atom is -0.348 e. The van der Waals surface area contributed by atoms with Crippen molar-refractivity contribution in [2.75, 3.05) is 0 Å². The molecule has 0 saturated heterocycles. The first-order chi connectivity index (χ1) is 10.8. The van der Waals surface area contributed by atoms with Crippen LogP contribution in [0.15, 0.2) is 43.0 Å². The highest BCUT2D eigenvalue weighted by Crippen LogP contribution is 2.36. The Bertz CT molecular complexity index is 904. The van der Waals surface area contributed by atoms with E-state index >= 15 is 0 Å². The minimum atomic E-state index is 0.788. The van der Waals surface area contributed by atoms with Crippen LogP contribution in [0.2, 0.25) is 0 Å². The lowest BCUT2D eigenvalue weighted by molar-refractivity contribution is 0.585. The third kappa shape index (κ3) is 2.31. The third-order valence-electron chi connectivity index (χ3n) is 3.73. The van der Waals surface area contributed by atoms with Crippen LogP contribution in [0, 0.1) is 6.92 Å². The van der Waals surface area contributed by atoms with E-state index in [9.17, 15) is 0 Å². The number of hydrogen-bond acceptors (Lipinski definition) is 4. The fourth-order valence-corrected chi connectivity index (χ4v) is 3.74. The maximum atomic E-state index is 4.36. The normalized spacial score (nSPS) is 11.3. The molecule has 3 aromatic heterocycles. The van der Waals surface area contributed by atoms with Crippen LogP contribution in [0.5, 0.6) is 0 Å². The van der Waals surface area contributed by atoms with Gasteiger partial charge in [0.05, 0.1) is 12.5 Å². The van der Waals surface area contributed by atoms with Gasteiger partial charge in [-0.3, -0.25) is 4.68 Å². The van der Waals surface area contributed by atoms with E-state index in [0.717, 1.165) is 24.4 Å². The molecule has 0 saturated carbocycles. The van der Waals surface area contributed by atoms with E-state index in [1.807, 2.05) is 17.1 Å². The largest absolute Gasteiger partial charge is 0.348 e. The average molecular weight is 309 g/mol. The Hall–Kier alpha value is -2.47. The molecule has 4 rings (SSSR count). The van der Waals surface area contributed by atoms with E-state index in [2.05, 4.69) is 51.5 Å². The summed E-state index contributed by atoms with van der Waals surface area (Å²) in [4.78, 5) is 8.41. The van der Waals surface area contributed by atoms with Crippen LogP contribution in [-0.4, -0.2) is 25.0 Å². The van der Waals surface area contributed by atoms with Gasteiger partial charge in [-0.1, -0.05) is 23.4 Å². The van der Waals surface area contributed by atoms with Crippen LogP contribution in [0.25, 0.3) is 21.3 Å². The fraction of sp³-hybridized carbons (Fsp3) is 0.188. The molecule has 110 valence electrons. The van der Waals surface area contributed by atoms with Crippen molar-refractivity contribution in [1.82, 2.24) is 25.0 Å². The van der Waals surface area contributed by atoms with Gasteiger partial charge in [-0.15, -0.1) is 16.4 Å². The molecule has 1 aromatic carbocycles. The summed E-state index contributed by atoms with van der Waals surface area (Å²) in [5.74, 6) is 0. The summed E-state index contributed by atoms with van der Waals surface area (Å²) < 4.78 is 3.18. The Morgan fingerprint density at radius 3 is 3.05 bits per heavy atom. The molecule has 0 amide bonds. The van der Waals surface area contributed by atoms with Crippen molar-refractivity contribution in [2.24, 2.45) is 0 Å². The average Bonchev–Trinajstić information content (AvgIpc) is 3.24. The van der Waals surface area contributed by atoms with Gasteiger partial charge >= 0.3 is 0 Å². The first-order valence-electron chi connectivity index (χ1n) is 7.17. The number of imidazole rings is 1. The quantitative estimate of drug-likeness (QED) is 0.628. The number of nitrogens with one attached hydrogen (secondary N) is 1. The molecule has 0 aliphatic carbocycles. The second-order valence-corrected chi connectivity index (χ2v) is 6.48. The van der Waals surface area contributed by atoms with Crippen molar-refractivity contribution >= 4 is 21.4 Å². The van der Waals surface area contributed by atoms with Crippen molar-refractivity contribution in [2.45, 2.75) is 19.9 Å². The summed E-state index contributed by atoms with van der Waals surface area (Å²) >= 11 is 1.80. The molecule has 6 heteroatoms. The Morgan fingerprint density at radius 1 is 1.27 bits per heavy atom. The molecular formula is C16H15N5S. The molecule has 0 radical (unpaired) electrons. The van der Waals surface area contributed by atoms with Crippen molar-refractivity contribution in [3.8, 4) is 11.3 Å². The number of rotatable bonds is 4. The molecule has 0 aliphatic heterocycles. The molecule has 0 unspecified atom stereocenters. The Labute approximate surface area is 131 Å². The fourth-order valence-electron chi connectivity index (χ4n) is 2.66. The van der Waals surface area contributed by atoms with E-state index < -0.39 is 0 Å². The number of H-pyrrole nitrogens is 1. The van der Waals surface area contributed by atoms with Crippen LogP contribution in [0.3, 0.4) is 0 Å². The van der Waals surface area contributed by atoms with Gasteiger partial charge in [0.1, 0.15) is 5.69 Å².